The van der Waals surface area contributed by atoms with Gasteiger partial charge in [0.1, 0.15) is 5.75 Å². The molecule has 1 heterocycles. The van der Waals surface area contributed by atoms with Gasteiger partial charge in [-0.25, -0.2) is 0 Å². The number of methoxy groups -OCH3 is 1. The van der Waals surface area contributed by atoms with Crippen molar-refractivity contribution in [2.75, 3.05) is 39.8 Å². The van der Waals surface area contributed by atoms with Gasteiger partial charge in [0, 0.05) is 38.3 Å². The van der Waals surface area contributed by atoms with Gasteiger partial charge in [-0.2, -0.15) is 0 Å². The minimum Gasteiger partial charge on any atom is -0.497 e. The molecule has 0 bridgehead atoms. The van der Waals surface area contributed by atoms with Crippen molar-refractivity contribution < 1.29 is 9.53 Å². The Bertz CT molecular complexity index is 545. The zero-order valence-electron chi connectivity index (χ0n) is 13.9. The molecule has 0 N–H and O–H groups in total. The molecule has 1 atom stereocenters. The van der Waals surface area contributed by atoms with Gasteiger partial charge in [-0.15, -0.1) is 0 Å². The summed E-state index contributed by atoms with van der Waals surface area (Å²) < 4.78 is 5.14. The summed E-state index contributed by atoms with van der Waals surface area (Å²) in [6.07, 6.45) is 8.35. The predicted molar refractivity (Wildman–Crippen MR) is 91.8 cm³/mol. The molecule has 0 saturated carbocycles. The molecule has 23 heavy (non-hydrogen) atoms. The van der Waals surface area contributed by atoms with Crippen molar-refractivity contribution in [3.63, 3.8) is 0 Å². The Labute approximate surface area is 138 Å². The van der Waals surface area contributed by atoms with Crippen molar-refractivity contribution in [1.82, 2.24) is 9.80 Å². The number of carbonyl (C=O) groups excluding carboxylic acids is 1. The molecule has 1 aliphatic carbocycles. The standard InChI is InChI=1S/C19H26N2O2/c1-23-18-9-7-17(8-10-18)19(22)21-13-11-20(12-14-21)15-16-5-3-2-4-6-16/h2-3,7-10,16H,4-6,11-15H2,1H3/t16-/m0/s1. The molecule has 0 radical (unpaired) electrons. The van der Waals surface area contributed by atoms with Crippen molar-refractivity contribution in [3.8, 4) is 5.75 Å². The summed E-state index contributed by atoms with van der Waals surface area (Å²) in [6.45, 7) is 4.81. The Morgan fingerprint density at radius 3 is 2.48 bits per heavy atom. The second-order valence-corrected chi connectivity index (χ2v) is 6.47. The van der Waals surface area contributed by atoms with Crippen LogP contribution in [-0.4, -0.2) is 55.5 Å². The lowest BCUT2D eigenvalue weighted by molar-refractivity contribution is 0.0614. The van der Waals surface area contributed by atoms with Gasteiger partial charge in [0.15, 0.2) is 0 Å². The van der Waals surface area contributed by atoms with Crippen LogP contribution >= 0.6 is 0 Å². The molecular formula is C19H26N2O2. The van der Waals surface area contributed by atoms with Gasteiger partial charge in [-0.05, 0) is 49.4 Å². The van der Waals surface area contributed by atoms with Crippen molar-refractivity contribution in [2.24, 2.45) is 5.92 Å². The molecule has 4 nitrogen and oxygen atoms in total. The quantitative estimate of drug-likeness (QED) is 0.801. The Balaban J connectivity index is 1.49. The first-order valence-corrected chi connectivity index (χ1v) is 8.57. The van der Waals surface area contributed by atoms with E-state index in [1.165, 1.54) is 25.8 Å². The van der Waals surface area contributed by atoms with Crippen LogP contribution in [0.1, 0.15) is 29.6 Å². The topological polar surface area (TPSA) is 32.8 Å². The monoisotopic (exact) mass is 314 g/mol. The number of allylic oxidation sites excluding steroid dienone is 2. The minimum absolute atomic E-state index is 0.132. The van der Waals surface area contributed by atoms with E-state index in [9.17, 15) is 4.79 Å². The molecule has 1 fully saturated rings. The summed E-state index contributed by atoms with van der Waals surface area (Å²) in [7, 11) is 1.64. The SMILES string of the molecule is COc1ccc(C(=O)N2CCN(C[C@H]3CC=CCC3)CC2)cc1. The summed E-state index contributed by atoms with van der Waals surface area (Å²) >= 11 is 0. The third kappa shape index (κ3) is 4.14. The van der Waals surface area contributed by atoms with Crippen molar-refractivity contribution in [1.29, 1.82) is 0 Å². The van der Waals surface area contributed by atoms with Crippen LogP contribution in [0.2, 0.25) is 0 Å². The number of rotatable bonds is 4. The number of amides is 1. The van der Waals surface area contributed by atoms with Gasteiger partial charge in [-0.3, -0.25) is 9.69 Å². The number of benzene rings is 1. The second-order valence-electron chi connectivity index (χ2n) is 6.47. The molecule has 124 valence electrons. The van der Waals surface area contributed by atoms with Crippen LogP contribution in [0.5, 0.6) is 5.75 Å². The van der Waals surface area contributed by atoms with Crippen molar-refractivity contribution in [2.45, 2.75) is 19.3 Å². The van der Waals surface area contributed by atoms with E-state index < -0.39 is 0 Å². The highest BCUT2D eigenvalue weighted by Gasteiger charge is 2.23. The van der Waals surface area contributed by atoms with Crippen molar-refractivity contribution in [3.05, 3.63) is 42.0 Å². The molecule has 0 spiro atoms. The van der Waals surface area contributed by atoms with Crippen LogP contribution in [0.4, 0.5) is 0 Å². The summed E-state index contributed by atoms with van der Waals surface area (Å²) in [5.41, 5.74) is 0.747. The minimum atomic E-state index is 0.132. The smallest absolute Gasteiger partial charge is 0.253 e. The van der Waals surface area contributed by atoms with Gasteiger partial charge >= 0.3 is 0 Å². The van der Waals surface area contributed by atoms with Crippen LogP contribution in [0.25, 0.3) is 0 Å². The highest BCUT2D eigenvalue weighted by molar-refractivity contribution is 5.94. The fraction of sp³-hybridized carbons (Fsp3) is 0.526. The van der Waals surface area contributed by atoms with E-state index in [1.807, 2.05) is 29.2 Å². The number of nitrogens with zero attached hydrogens (tertiary/aromatic N) is 2. The van der Waals surface area contributed by atoms with Gasteiger partial charge in [0.25, 0.3) is 5.91 Å². The molecule has 1 aromatic rings. The first-order chi connectivity index (χ1) is 11.3. The van der Waals surface area contributed by atoms with E-state index in [0.29, 0.717) is 0 Å². The average Bonchev–Trinajstić information content (AvgIpc) is 2.63. The summed E-state index contributed by atoms with van der Waals surface area (Å²) in [6, 6.07) is 7.39. The molecular weight excluding hydrogens is 288 g/mol. The van der Waals surface area contributed by atoms with E-state index in [2.05, 4.69) is 17.1 Å². The fourth-order valence-corrected chi connectivity index (χ4v) is 3.44. The van der Waals surface area contributed by atoms with Gasteiger partial charge < -0.3 is 9.64 Å². The average molecular weight is 314 g/mol. The molecule has 2 aliphatic rings. The molecule has 1 saturated heterocycles. The molecule has 3 rings (SSSR count). The first-order valence-electron chi connectivity index (χ1n) is 8.57. The predicted octanol–water partition coefficient (Wildman–Crippen LogP) is 2.81. The Morgan fingerprint density at radius 2 is 1.87 bits per heavy atom. The molecule has 1 aromatic carbocycles. The Hall–Kier alpha value is -1.81. The maximum Gasteiger partial charge on any atom is 0.253 e. The Morgan fingerprint density at radius 1 is 1.13 bits per heavy atom. The highest BCUT2D eigenvalue weighted by Crippen LogP contribution is 2.20. The lowest BCUT2D eigenvalue weighted by Gasteiger charge is -2.36. The lowest BCUT2D eigenvalue weighted by atomic mass is 9.94. The van der Waals surface area contributed by atoms with Crippen LogP contribution in [0.3, 0.4) is 0 Å². The number of piperazine rings is 1. The third-order valence-electron chi connectivity index (χ3n) is 4.89. The largest absolute Gasteiger partial charge is 0.497 e. The zero-order chi connectivity index (χ0) is 16.1. The maximum absolute atomic E-state index is 12.6. The van der Waals surface area contributed by atoms with Gasteiger partial charge in [0.05, 0.1) is 7.11 Å². The maximum atomic E-state index is 12.6. The third-order valence-corrected chi connectivity index (χ3v) is 4.89. The lowest BCUT2D eigenvalue weighted by Crippen LogP contribution is -2.49. The van der Waals surface area contributed by atoms with E-state index in [0.717, 1.165) is 43.4 Å². The zero-order valence-corrected chi connectivity index (χ0v) is 13.9. The van der Waals surface area contributed by atoms with Crippen LogP contribution in [0.15, 0.2) is 36.4 Å². The number of carbonyl (C=O) groups is 1. The van der Waals surface area contributed by atoms with Gasteiger partial charge in [0.2, 0.25) is 0 Å². The molecule has 1 aliphatic heterocycles. The number of hydrogen-bond acceptors (Lipinski definition) is 3. The first kappa shape index (κ1) is 16.1. The number of ether oxygens (including phenoxy) is 1. The van der Waals surface area contributed by atoms with Crippen LogP contribution in [-0.2, 0) is 0 Å². The van der Waals surface area contributed by atoms with E-state index in [4.69, 9.17) is 4.74 Å². The summed E-state index contributed by atoms with van der Waals surface area (Å²) in [4.78, 5) is 17.0. The number of hydrogen-bond donors (Lipinski definition) is 0. The fourth-order valence-electron chi connectivity index (χ4n) is 3.44. The Kier molecular flexibility index (Phi) is 5.34. The molecule has 0 unspecified atom stereocenters. The normalized spacial score (nSPS) is 22.1. The van der Waals surface area contributed by atoms with Crippen LogP contribution < -0.4 is 4.74 Å². The summed E-state index contributed by atoms with van der Waals surface area (Å²) in [5, 5.41) is 0. The van der Waals surface area contributed by atoms with Gasteiger partial charge in [-0.1, -0.05) is 12.2 Å². The second kappa shape index (κ2) is 7.64. The van der Waals surface area contributed by atoms with E-state index in [-0.39, 0.29) is 5.91 Å². The van der Waals surface area contributed by atoms with Crippen molar-refractivity contribution >= 4 is 5.91 Å². The van der Waals surface area contributed by atoms with E-state index >= 15 is 0 Å². The molecule has 4 heteroatoms. The highest BCUT2D eigenvalue weighted by atomic mass is 16.5. The molecule has 1 amide bonds. The molecule has 0 aromatic heterocycles. The van der Waals surface area contributed by atoms with E-state index in [1.54, 1.807) is 7.11 Å². The van der Waals surface area contributed by atoms with Crippen LogP contribution in [0, 0.1) is 5.92 Å². The summed E-state index contributed by atoms with van der Waals surface area (Å²) in [5.74, 6) is 1.71.